The molecule has 1 aromatic carbocycles. The van der Waals surface area contributed by atoms with Crippen molar-refractivity contribution < 1.29 is 4.92 Å². The molecule has 0 radical (unpaired) electrons. The van der Waals surface area contributed by atoms with Crippen molar-refractivity contribution in [2.45, 2.75) is 0 Å². The predicted octanol–water partition coefficient (Wildman–Crippen LogP) is 2.30. The van der Waals surface area contributed by atoms with E-state index in [4.69, 9.17) is 0 Å². The van der Waals surface area contributed by atoms with Crippen molar-refractivity contribution in [3.05, 3.63) is 58.8 Å². The van der Waals surface area contributed by atoms with Gasteiger partial charge in [0.1, 0.15) is 5.69 Å². The number of aromatic nitrogens is 3. The summed E-state index contributed by atoms with van der Waals surface area (Å²) in [6.07, 6.45) is 1.80. The van der Waals surface area contributed by atoms with E-state index in [-0.39, 0.29) is 5.69 Å². The van der Waals surface area contributed by atoms with Crippen molar-refractivity contribution >= 4 is 11.2 Å². The zero-order valence-electron chi connectivity index (χ0n) is 9.22. The minimum atomic E-state index is -0.423. The van der Waals surface area contributed by atoms with Gasteiger partial charge in [0.15, 0.2) is 0 Å². The van der Waals surface area contributed by atoms with Crippen LogP contribution in [0.5, 0.6) is 0 Å². The van der Waals surface area contributed by atoms with Crippen molar-refractivity contribution in [1.29, 1.82) is 0 Å². The fourth-order valence-electron chi connectivity index (χ4n) is 1.79. The highest BCUT2D eigenvalue weighted by Gasteiger charge is 2.10. The number of fused-ring (bicyclic) bond motifs is 1. The van der Waals surface area contributed by atoms with Crippen LogP contribution in [0, 0.1) is 10.1 Å². The summed E-state index contributed by atoms with van der Waals surface area (Å²) in [5.74, 6) is 0. The second-order valence-electron chi connectivity index (χ2n) is 3.77. The Morgan fingerprint density at radius 2 is 1.89 bits per heavy atom. The average Bonchev–Trinajstić information content (AvgIpc) is 2.82. The zero-order chi connectivity index (χ0) is 12.5. The molecule has 0 aliphatic carbocycles. The maximum absolute atomic E-state index is 10.6. The largest absolute Gasteiger partial charge is 0.269 e. The second-order valence-corrected chi connectivity index (χ2v) is 3.77. The van der Waals surface area contributed by atoms with Crippen LogP contribution in [0.1, 0.15) is 0 Å². The molecule has 6 nitrogen and oxygen atoms in total. The lowest BCUT2D eigenvalue weighted by atomic mass is 10.1. The molecule has 0 saturated carbocycles. The molecule has 18 heavy (non-hydrogen) atoms. The van der Waals surface area contributed by atoms with E-state index in [0.29, 0.717) is 5.69 Å². The maximum Gasteiger partial charge on any atom is 0.269 e. The third-order valence-electron chi connectivity index (χ3n) is 2.67. The highest BCUT2D eigenvalue weighted by atomic mass is 16.6. The minimum Gasteiger partial charge on any atom is -0.258 e. The first-order valence-electron chi connectivity index (χ1n) is 5.30. The van der Waals surface area contributed by atoms with Gasteiger partial charge in [-0.1, -0.05) is 11.3 Å². The third kappa shape index (κ3) is 1.60. The van der Waals surface area contributed by atoms with Gasteiger partial charge in [-0.25, -0.2) is 4.52 Å². The molecule has 3 rings (SSSR count). The van der Waals surface area contributed by atoms with Crippen molar-refractivity contribution in [1.82, 2.24) is 14.8 Å². The first-order chi connectivity index (χ1) is 8.75. The number of pyridine rings is 1. The van der Waals surface area contributed by atoms with Gasteiger partial charge in [-0.3, -0.25) is 10.1 Å². The monoisotopic (exact) mass is 240 g/mol. The molecule has 0 atom stereocenters. The number of nitro groups is 1. The second kappa shape index (κ2) is 3.92. The summed E-state index contributed by atoms with van der Waals surface area (Å²) < 4.78 is 1.66. The molecule has 0 fully saturated rings. The Bertz CT molecular complexity index is 718. The first kappa shape index (κ1) is 10.4. The van der Waals surface area contributed by atoms with Crippen LogP contribution in [0.4, 0.5) is 5.69 Å². The Morgan fingerprint density at radius 3 is 2.61 bits per heavy atom. The molecule has 88 valence electrons. The number of hydrogen-bond donors (Lipinski definition) is 0. The lowest BCUT2D eigenvalue weighted by Crippen LogP contribution is -1.87. The quantitative estimate of drug-likeness (QED) is 0.509. The van der Waals surface area contributed by atoms with Crippen LogP contribution in [0.3, 0.4) is 0 Å². The van der Waals surface area contributed by atoms with Crippen molar-refractivity contribution in [3.8, 4) is 11.3 Å². The molecule has 0 amide bonds. The van der Waals surface area contributed by atoms with Gasteiger partial charge in [0.2, 0.25) is 0 Å². The van der Waals surface area contributed by atoms with Gasteiger partial charge < -0.3 is 0 Å². The Balaban J connectivity index is 2.12. The highest BCUT2D eigenvalue weighted by Crippen LogP contribution is 2.23. The van der Waals surface area contributed by atoms with Gasteiger partial charge in [-0.05, 0) is 24.3 Å². The minimum absolute atomic E-state index is 0.0650. The summed E-state index contributed by atoms with van der Waals surface area (Å²) in [6, 6.07) is 11.9. The maximum atomic E-state index is 10.6. The molecule has 2 aromatic heterocycles. The number of non-ortho nitro benzene ring substituents is 1. The van der Waals surface area contributed by atoms with E-state index in [1.54, 1.807) is 22.8 Å². The van der Waals surface area contributed by atoms with Crippen LogP contribution in [0.15, 0.2) is 48.7 Å². The molecular formula is C12H8N4O2. The van der Waals surface area contributed by atoms with E-state index in [9.17, 15) is 10.1 Å². The smallest absolute Gasteiger partial charge is 0.258 e. The van der Waals surface area contributed by atoms with Gasteiger partial charge in [-0.2, -0.15) is 0 Å². The molecule has 6 heteroatoms. The Morgan fingerprint density at radius 1 is 1.11 bits per heavy atom. The van der Waals surface area contributed by atoms with E-state index in [1.165, 1.54) is 12.1 Å². The molecule has 0 aliphatic rings. The van der Waals surface area contributed by atoms with Gasteiger partial charge in [0.25, 0.3) is 5.69 Å². The fraction of sp³-hybridized carbons (Fsp3) is 0. The summed E-state index contributed by atoms with van der Waals surface area (Å²) in [6.45, 7) is 0. The number of benzene rings is 1. The normalized spacial score (nSPS) is 10.7. The van der Waals surface area contributed by atoms with Crippen molar-refractivity contribution in [3.63, 3.8) is 0 Å². The van der Waals surface area contributed by atoms with Crippen LogP contribution in [0.25, 0.3) is 16.8 Å². The van der Waals surface area contributed by atoms with E-state index in [0.717, 1.165) is 11.1 Å². The van der Waals surface area contributed by atoms with Gasteiger partial charge in [0, 0.05) is 23.9 Å². The van der Waals surface area contributed by atoms with Crippen LogP contribution in [0.2, 0.25) is 0 Å². The van der Waals surface area contributed by atoms with Gasteiger partial charge in [0.05, 0.1) is 10.4 Å². The summed E-state index contributed by atoms with van der Waals surface area (Å²) >= 11 is 0. The van der Waals surface area contributed by atoms with Gasteiger partial charge in [-0.15, -0.1) is 5.10 Å². The lowest BCUT2D eigenvalue weighted by Gasteiger charge is -1.97. The Hall–Kier alpha value is -2.76. The van der Waals surface area contributed by atoms with Crippen molar-refractivity contribution in [2.75, 3.05) is 0 Å². The first-order valence-corrected chi connectivity index (χ1v) is 5.30. The number of nitro benzene ring substituents is 1. The van der Waals surface area contributed by atoms with Crippen LogP contribution < -0.4 is 0 Å². The van der Waals surface area contributed by atoms with E-state index in [2.05, 4.69) is 10.3 Å². The summed E-state index contributed by atoms with van der Waals surface area (Å²) in [7, 11) is 0. The molecule has 0 unspecified atom stereocenters. The number of rotatable bonds is 2. The zero-order valence-corrected chi connectivity index (χ0v) is 9.22. The topological polar surface area (TPSA) is 73.3 Å². The molecule has 0 aliphatic heterocycles. The summed E-state index contributed by atoms with van der Waals surface area (Å²) in [4.78, 5) is 10.2. The lowest BCUT2D eigenvalue weighted by molar-refractivity contribution is -0.384. The summed E-state index contributed by atoms with van der Waals surface area (Å²) in [5.41, 5.74) is 2.45. The number of hydrogen-bond acceptors (Lipinski definition) is 4. The standard InChI is InChI=1S/C12H8N4O2/c17-16(18)10-6-4-9(5-7-10)12-11-3-1-2-8-15(11)14-13-12/h1-8H. The molecule has 0 N–H and O–H groups in total. The Labute approximate surface area is 102 Å². The van der Waals surface area contributed by atoms with Crippen LogP contribution >= 0.6 is 0 Å². The average molecular weight is 240 g/mol. The third-order valence-corrected chi connectivity index (χ3v) is 2.67. The van der Waals surface area contributed by atoms with E-state index < -0.39 is 4.92 Å². The van der Waals surface area contributed by atoms with Crippen LogP contribution in [-0.4, -0.2) is 19.8 Å². The van der Waals surface area contributed by atoms with Crippen molar-refractivity contribution in [2.24, 2.45) is 0 Å². The number of nitrogens with zero attached hydrogens (tertiary/aromatic N) is 4. The molecule has 0 bridgehead atoms. The fourth-order valence-corrected chi connectivity index (χ4v) is 1.79. The molecule has 2 heterocycles. The predicted molar refractivity (Wildman–Crippen MR) is 65.1 cm³/mol. The Kier molecular flexibility index (Phi) is 2.26. The van der Waals surface area contributed by atoms with Gasteiger partial charge >= 0.3 is 0 Å². The van der Waals surface area contributed by atoms with E-state index >= 15 is 0 Å². The molecule has 0 saturated heterocycles. The highest BCUT2D eigenvalue weighted by molar-refractivity contribution is 5.76. The van der Waals surface area contributed by atoms with E-state index in [1.807, 2.05) is 18.2 Å². The van der Waals surface area contributed by atoms with Crippen LogP contribution in [-0.2, 0) is 0 Å². The molecule has 0 spiro atoms. The molecular weight excluding hydrogens is 232 g/mol. The SMILES string of the molecule is O=[N+]([O-])c1ccc(-c2nnn3ccccc23)cc1. The summed E-state index contributed by atoms with van der Waals surface area (Å²) in [5, 5.41) is 18.7. The molecule has 3 aromatic rings.